The number of hydrogen-bond donors (Lipinski definition) is 1. The first-order valence-electron chi connectivity index (χ1n) is 7.70. The summed E-state index contributed by atoms with van der Waals surface area (Å²) in [5.41, 5.74) is 7.58. The largest absolute Gasteiger partial charge is 0.497 e. The fraction of sp³-hybridized carbons (Fsp3) is 0.647. The predicted molar refractivity (Wildman–Crippen MR) is 84.0 cm³/mol. The SMILES string of the molecule is COc1cccc(C(C(C)N)N2CCCC(C)C2C)c1. The molecule has 112 valence electrons. The van der Waals surface area contributed by atoms with Crippen LogP contribution in [0, 0.1) is 5.92 Å². The molecule has 1 saturated heterocycles. The van der Waals surface area contributed by atoms with Gasteiger partial charge in [-0.15, -0.1) is 0 Å². The highest BCUT2D eigenvalue weighted by molar-refractivity contribution is 5.31. The Bertz CT molecular complexity index is 433. The van der Waals surface area contributed by atoms with Crippen molar-refractivity contribution >= 4 is 0 Å². The van der Waals surface area contributed by atoms with Crippen LogP contribution in [0.5, 0.6) is 5.75 Å². The Balaban J connectivity index is 2.30. The number of methoxy groups -OCH3 is 1. The first kappa shape index (κ1) is 15.3. The molecule has 1 aromatic carbocycles. The second-order valence-corrected chi connectivity index (χ2v) is 6.18. The Hall–Kier alpha value is -1.06. The van der Waals surface area contributed by atoms with Crippen molar-refractivity contribution in [2.75, 3.05) is 13.7 Å². The van der Waals surface area contributed by atoms with Crippen molar-refractivity contribution in [1.29, 1.82) is 0 Å². The van der Waals surface area contributed by atoms with E-state index in [1.807, 2.05) is 6.07 Å². The van der Waals surface area contributed by atoms with Gasteiger partial charge in [0.1, 0.15) is 5.75 Å². The molecule has 0 aromatic heterocycles. The fourth-order valence-electron chi connectivity index (χ4n) is 3.38. The van der Waals surface area contributed by atoms with Gasteiger partial charge in [0, 0.05) is 12.1 Å². The van der Waals surface area contributed by atoms with Crippen molar-refractivity contribution < 1.29 is 4.74 Å². The van der Waals surface area contributed by atoms with Crippen LogP contribution < -0.4 is 10.5 Å². The molecule has 0 spiro atoms. The normalized spacial score (nSPS) is 27.1. The third-order valence-electron chi connectivity index (χ3n) is 4.71. The Morgan fingerprint density at radius 3 is 2.75 bits per heavy atom. The molecule has 2 N–H and O–H groups in total. The van der Waals surface area contributed by atoms with Crippen molar-refractivity contribution in [3.63, 3.8) is 0 Å². The first-order chi connectivity index (χ1) is 9.54. The highest BCUT2D eigenvalue weighted by atomic mass is 16.5. The topological polar surface area (TPSA) is 38.5 Å². The van der Waals surface area contributed by atoms with Gasteiger partial charge in [-0.3, -0.25) is 4.90 Å². The summed E-state index contributed by atoms with van der Waals surface area (Å²) in [6.07, 6.45) is 2.58. The summed E-state index contributed by atoms with van der Waals surface area (Å²) in [5, 5.41) is 0. The quantitative estimate of drug-likeness (QED) is 0.917. The van der Waals surface area contributed by atoms with Gasteiger partial charge in [-0.1, -0.05) is 19.1 Å². The molecule has 1 aliphatic rings. The van der Waals surface area contributed by atoms with Crippen molar-refractivity contribution in [3.05, 3.63) is 29.8 Å². The second-order valence-electron chi connectivity index (χ2n) is 6.18. The van der Waals surface area contributed by atoms with Gasteiger partial charge in [-0.25, -0.2) is 0 Å². The van der Waals surface area contributed by atoms with Gasteiger partial charge in [-0.05, 0) is 56.8 Å². The highest BCUT2D eigenvalue weighted by Crippen LogP contribution is 2.34. The van der Waals surface area contributed by atoms with Crippen LogP contribution in [-0.2, 0) is 0 Å². The van der Waals surface area contributed by atoms with Crippen LogP contribution in [0.1, 0.15) is 45.2 Å². The molecule has 0 saturated carbocycles. The smallest absolute Gasteiger partial charge is 0.119 e. The highest BCUT2D eigenvalue weighted by Gasteiger charge is 2.33. The molecule has 2 rings (SSSR count). The van der Waals surface area contributed by atoms with Gasteiger partial charge in [0.15, 0.2) is 0 Å². The van der Waals surface area contributed by atoms with Gasteiger partial charge >= 0.3 is 0 Å². The van der Waals surface area contributed by atoms with Gasteiger partial charge < -0.3 is 10.5 Å². The van der Waals surface area contributed by atoms with Crippen molar-refractivity contribution in [1.82, 2.24) is 4.90 Å². The molecule has 0 bridgehead atoms. The summed E-state index contributed by atoms with van der Waals surface area (Å²) in [6, 6.07) is 9.29. The monoisotopic (exact) mass is 276 g/mol. The molecule has 0 amide bonds. The number of ether oxygens (including phenoxy) is 1. The molecular formula is C17H28N2O. The Morgan fingerprint density at radius 2 is 2.10 bits per heavy atom. The maximum atomic E-state index is 6.32. The molecule has 1 heterocycles. The number of nitrogens with two attached hydrogens (primary N) is 1. The van der Waals surface area contributed by atoms with Gasteiger partial charge in [0.05, 0.1) is 13.2 Å². The van der Waals surface area contributed by atoms with E-state index in [4.69, 9.17) is 10.5 Å². The Labute approximate surface area is 123 Å². The summed E-state index contributed by atoms with van der Waals surface area (Å²) in [5.74, 6) is 1.64. The lowest BCUT2D eigenvalue weighted by Gasteiger charge is -2.44. The molecule has 1 aliphatic heterocycles. The van der Waals surface area contributed by atoms with E-state index in [0.29, 0.717) is 6.04 Å². The molecule has 4 atom stereocenters. The third kappa shape index (κ3) is 3.15. The van der Waals surface area contributed by atoms with E-state index < -0.39 is 0 Å². The molecule has 3 nitrogen and oxygen atoms in total. The zero-order valence-electron chi connectivity index (χ0n) is 13.2. The van der Waals surface area contributed by atoms with E-state index >= 15 is 0 Å². The molecule has 1 fully saturated rings. The summed E-state index contributed by atoms with van der Waals surface area (Å²) in [4.78, 5) is 2.58. The molecular weight excluding hydrogens is 248 g/mol. The van der Waals surface area contributed by atoms with Crippen LogP contribution in [0.2, 0.25) is 0 Å². The molecule has 1 aromatic rings. The zero-order valence-corrected chi connectivity index (χ0v) is 13.2. The van der Waals surface area contributed by atoms with E-state index in [0.717, 1.165) is 18.2 Å². The van der Waals surface area contributed by atoms with Crippen LogP contribution in [0.25, 0.3) is 0 Å². The minimum absolute atomic E-state index is 0.106. The lowest BCUT2D eigenvalue weighted by Crippen LogP contribution is -2.49. The van der Waals surface area contributed by atoms with Crippen molar-refractivity contribution in [2.45, 2.75) is 51.7 Å². The molecule has 0 aliphatic carbocycles. The number of benzene rings is 1. The number of hydrogen-bond acceptors (Lipinski definition) is 3. The van der Waals surface area contributed by atoms with Crippen molar-refractivity contribution in [3.8, 4) is 5.75 Å². The van der Waals surface area contributed by atoms with Crippen LogP contribution in [0.15, 0.2) is 24.3 Å². The Kier molecular flexibility index (Phi) is 5.06. The summed E-state index contributed by atoms with van der Waals surface area (Å²) < 4.78 is 5.36. The maximum Gasteiger partial charge on any atom is 0.119 e. The van der Waals surface area contributed by atoms with Crippen LogP contribution in [-0.4, -0.2) is 30.6 Å². The van der Waals surface area contributed by atoms with Gasteiger partial charge in [0.25, 0.3) is 0 Å². The first-order valence-corrected chi connectivity index (χ1v) is 7.70. The predicted octanol–water partition coefficient (Wildman–Crippen LogP) is 3.20. The lowest BCUT2D eigenvalue weighted by atomic mass is 9.87. The van der Waals surface area contributed by atoms with E-state index in [9.17, 15) is 0 Å². The maximum absolute atomic E-state index is 6.32. The molecule has 0 radical (unpaired) electrons. The molecule has 20 heavy (non-hydrogen) atoms. The minimum atomic E-state index is 0.106. The minimum Gasteiger partial charge on any atom is -0.497 e. The summed E-state index contributed by atoms with van der Waals surface area (Å²) >= 11 is 0. The number of rotatable bonds is 4. The van der Waals surface area contributed by atoms with Gasteiger partial charge in [0.2, 0.25) is 0 Å². The number of likely N-dealkylation sites (tertiary alicyclic amines) is 1. The Morgan fingerprint density at radius 1 is 1.35 bits per heavy atom. The number of nitrogens with zero attached hydrogens (tertiary/aromatic N) is 1. The number of piperidine rings is 1. The van der Waals surface area contributed by atoms with Crippen LogP contribution >= 0.6 is 0 Å². The van der Waals surface area contributed by atoms with E-state index in [1.54, 1.807) is 7.11 Å². The van der Waals surface area contributed by atoms with Crippen LogP contribution in [0.3, 0.4) is 0 Å². The average Bonchev–Trinajstić information content (AvgIpc) is 2.44. The second kappa shape index (κ2) is 6.59. The van der Waals surface area contributed by atoms with E-state index in [-0.39, 0.29) is 12.1 Å². The fourth-order valence-corrected chi connectivity index (χ4v) is 3.38. The van der Waals surface area contributed by atoms with E-state index in [1.165, 1.54) is 18.4 Å². The zero-order chi connectivity index (χ0) is 14.7. The van der Waals surface area contributed by atoms with Crippen LogP contribution in [0.4, 0.5) is 0 Å². The molecule has 3 heteroatoms. The standard InChI is InChI=1S/C17H28N2O/c1-12-7-6-10-19(14(12)3)17(13(2)18)15-8-5-9-16(11-15)20-4/h5,8-9,11-14,17H,6-7,10,18H2,1-4H3. The summed E-state index contributed by atoms with van der Waals surface area (Å²) in [7, 11) is 1.71. The van der Waals surface area contributed by atoms with Crippen molar-refractivity contribution in [2.24, 2.45) is 11.7 Å². The third-order valence-corrected chi connectivity index (χ3v) is 4.71. The van der Waals surface area contributed by atoms with E-state index in [2.05, 4.69) is 43.9 Å². The summed E-state index contributed by atoms with van der Waals surface area (Å²) in [6.45, 7) is 7.92. The lowest BCUT2D eigenvalue weighted by molar-refractivity contribution is 0.0579. The molecule has 4 unspecified atom stereocenters. The average molecular weight is 276 g/mol. The van der Waals surface area contributed by atoms with Gasteiger partial charge in [-0.2, -0.15) is 0 Å².